The molecule has 1 aliphatic rings. The Kier molecular flexibility index (Phi) is 5.13. The summed E-state index contributed by atoms with van der Waals surface area (Å²) in [5, 5.41) is 0. The molecule has 1 saturated heterocycles. The first-order chi connectivity index (χ1) is 10.9. The van der Waals surface area contributed by atoms with E-state index in [0.29, 0.717) is 11.5 Å². The second-order valence-electron chi connectivity index (χ2n) is 5.93. The SMILES string of the molecule is COc1ccc([C@@H](C)C(=O)N2C(=O)OC[C@H]2C(C)C)cc1OC. The van der Waals surface area contributed by atoms with E-state index in [-0.39, 0.29) is 24.5 Å². The number of cyclic esters (lactones) is 1. The molecule has 0 radical (unpaired) electrons. The van der Waals surface area contributed by atoms with Crippen molar-refractivity contribution in [2.24, 2.45) is 5.92 Å². The zero-order chi connectivity index (χ0) is 17.1. The minimum atomic E-state index is -0.568. The predicted octanol–water partition coefficient (Wildman–Crippen LogP) is 2.81. The summed E-state index contributed by atoms with van der Waals surface area (Å²) in [5.41, 5.74) is 0.759. The van der Waals surface area contributed by atoms with Gasteiger partial charge in [-0.15, -0.1) is 0 Å². The minimum absolute atomic E-state index is 0.142. The monoisotopic (exact) mass is 321 g/mol. The normalized spacial score (nSPS) is 18.8. The quantitative estimate of drug-likeness (QED) is 0.834. The maximum atomic E-state index is 12.8. The Labute approximate surface area is 136 Å². The molecule has 2 amide bonds. The van der Waals surface area contributed by atoms with Crippen molar-refractivity contribution >= 4 is 12.0 Å². The van der Waals surface area contributed by atoms with Gasteiger partial charge in [-0.2, -0.15) is 0 Å². The fraction of sp³-hybridized carbons (Fsp3) is 0.529. The van der Waals surface area contributed by atoms with Gasteiger partial charge in [0.2, 0.25) is 5.91 Å². The van der Waals surface area contributed by atoms with Crippen LogP contribution in [0.1, 0.15) is 32.3 Å². The van der Waals surface area contributed by atoms with Gasteiger partial charge in [-0.25, -0.2) is 9.69 Å². The Balaban J connectivity index is 2.27. The molecule has 1 heterocycles. The van der Waals surface area contributed by atoms with E-state index in [2.05, 4.69) is 0 Å². The summed E-state index contributed by atoms with van der Waals surface area (Å²) >= 11 is 0. The number of amides is 2. The predicted molar refractivity (Wildman–Crippen MR) is 84.8 cm³/mol. The van der Waals surface area contributed by atoms with Gasteiger partial charge in [-0.3, -0.25) is 4.79 Å². The standard InChI is InChI=1S/C17H23NO5/c1-10(2)13-9-23-17(20)18(13)16(19)11(3)12-6-7-14(21-4)15(8-12)22-5/h6-8,10-11,13H,9H2,1-5H3/t11-,13+/m1/s1. The second kappa shape index (κ2) is 6.89. The Morgan fingerprint density at radius 1 is 1.22 bits per heavy atom. The lowest BCUT2D eigenvalue weighted by atomic mass is 9.97. The lowest BCUT2D eigenvalue weighted by Gasteiger charge is -2.25. The molecule has 1 aliphatic heterocycles. The number of carbonyl (C=O) groups excluding carboxylic acids is 2. The van der Waals surface area contributed by atoms with Crippen molar-refractivity contribution in [3.8, 4) is 11.5 Å². The topological polar surface area (TPSA) is 65.1 Å². The van der Waals surface area contributed by atoms with Crippen molar-refractivity contribution in [2.45, 2.75) is 32.7 Å². The number of imide groups is 1. The van der Waals surface area contributed by atoms with E-state index in [1.807, 2.05) is 13.8 Å². The van der Waals surface area contributed by atoms with Crippen LogP contribution in [0.4, 0.5) is 4.79 Å². The number of hydrogen-bond acceptors (Lipinski definition) is 5. The van der Waals surface area contributed by atoms with Gasteiger partial charge in [0, 0.05) is 0 Å². The lowest BCUT2D eigenvalue weighted by Crippen LogP contribution is -2.43. The first-order valence-corrected chi connectivity index (χ1v) is 7.62. The summed E-state index contributed by atoms with van der Waals surface area (Å²) in [6.07, 6.45) is -0.568. The smallest absolute Gasteiger partial charge is 0.417 e. The highest BCUT2D eigenvalue weighted by Crippen LogP contribution is 2.32. The van der Waals surface area contributed by atoms with Crippen LogP contribution >= 0.6 is 0 Å². The molecule has 1 aromatic rings. The van der Waals surface area contributed by atoms with Crippen molar-refractivity contribution in [1.82, 2.24) is 4.90 Å². The van der Waals surface area contributed by atoms with E-state index in [0.717, 1.165) is 5.56 Å². The second-order valence-corrected chi connectivity index (χ2v) is 5.93. The average molecular weight is 321 g/mol. The van der Waals surface area contributed by atoms with Crippen LogP contribution in [0.2, 0.25) is 0 Å². The number of rotatable bonds is 5. The van der Waals surface area contributed by atoms with Crippen LogP contribution in [0.3, 0.4) is 0 Å². The molecular formula is C17H23NO5. The van der Waals surface area contributed by atoms with E-state index in [9.17, 15) is 9.59 Å². The van der Waals surface area contributed by atoms with E-state index >= 15 is 0 Å². The molecule has 0 bridgehead atoms. The number of hydrogen-bond donors (Lipinski definition) is 0. The molecule has 0 unspecified atom stereocenters. The van der Waals surface area contributed by atoms with Crippen LogP contribution < -0.4 is 9.47 Å². The van der Waals surface area contributed by atoms with Gasteiger partial charge in [0.25, 0.3) is 0 Å². The van der Waals surface area contributed by atoms with Crippen molar-refractivity contribution in [2.75, 3.05) is 20.8 Å². The molecule has 2 atom stereocenters. The molecule has 0 N–H and O–H groups in total. The minimum Gasteiger partial charge on any atom is -0.493 e. The van der Waals surface area contributed by atoms with Gasteiger partial charge < -0.3 is 14.2 Å². The molecule has 1 aromatic carbocycles. The lowest BCUT2D eigenvalue weighted by molar-refractivity contribution is -0.131. The molecule has 0 spiro atoms. The third-order valence-electron chi connectivity index (χ3n) is 4.19. The van der Waals surface area contributed by atoms with E-state index in [1.165, 1.54) is 4.90 Å². The Morgan fingerprint density at radius 3 is 2.43 bits per heavy atom. The van der Waals surface area contributed by atoms with Gasteiger partial charge >= 0.3 is 6.09 Å². The van der Waals surface area contributed by atoms with Gasteiger partial charge in [-0.1, -0.05) is 19.9 Å². The Bertz CT molecular complexity index is 599. The number of methoxy groups -OCH3 is 2. The molecule has 0 aliphatic carbocycles. The summed E-state index contributed by atoms with van der Waals surface area (Å²) in [6.45, 7) is 5.95. The fourth-order valence-corrected chi connectivity index (χ4v) is 2.65. The van der Waals surface area contributed by atoms with E-state index in [4.69, 9.17) is 14.2 Å². The van der Waals surface area contributed by atoms with E-state index in [1.54, 1.807) is 39.3 Å². The van der Waals surface area contributed by atoms with Crippen LogP contribution in [0.15, 0.2) is 18.2 Å². The number of nitrogens with zero attached hydrogens (tertiary/aromatic N) is 1. The highest BCUT2D eigenvalue weighted by atomic mass is 16.6. The van der Waals surface area contributed by atoms with Crippen molar-refractivity contribution in [1.29, 1.82) is 0 Å². The molecule has 23 heavy (non-hydrogen) atoms. The van der Waals surface area contributed by atoms with Gasteiger partial charge in [0.1, 0.15) is 6.61 Å². The molecule has 1 fully saturated rings. The number of benzene rings is 1. The van der Waals surface area contributed by atoms with Crippen molar-refractivity contribution < 1.29 is 23.8 Å². The fourth-order valence-electron chi connectivity index (χ4n) is 2.65. The maximum Gasteiger partial charge on any atom is 0.417 e. The zero-order valence-corrected chi connectivity index (χ0v) is 14.2. The van der Waals surface area contributed by atoms with Crippen LogP contribution in [-0.2, 0) is 9.53 Å². The van der Waals surface area contributed by atoms with Crippen LogP contribution in [0.25, 0.3) is 0 Å². The molecule has 6 heteroatoms. The van der Waals surface area contributed by atoms with Crippen molar-refractivity contribution in [3.05, 3.63) is 23.8 Å². The van der Waals surface area contributed by atoms with Gasteiger partial charge in [0.05, 0.1) is 26.2 Å². The first-order valence-electron chi connectivity index (χ1n) is 7.62. The van der Waals surface area contributed by atoms with E-state index < -0.39 is 12.0 Å². The van der Waals surface area contributed by atoms with Crippen LogP contribution in [0, 0.1) is 5.92 Å². The van der Waals surface area contributed by atoms with Crippen LogP contribution in [-0.4, -0.2) is 43.8 Å². The summed E-state index contributed by atoms with van der Waals surface area (Å²) in [7, 11) is 3.10. The number of ether oxygens (including phenoxy) is 3. The van der Waals surface area contributed by atoms with Gasteiger partial charge in [-0.05, 0) is 30.5 Å². The van der Waals surface area contributed by atoms with Crippen molar-refractivity contribution in [3.63, 3.8) is 0 Å². The summed E-state index contributed by atoms with van der Waals surface area (Å²) < 4.78 is 15.5. The third-order valence-corrected chi connectivity index (χ3v) is 4.19. The molecular weight excluding hydrogens is 298 g/mol. The Hall–Kier alpha value is -2.24. The number of carbonyl (C=O) groups is 2. The highest BCUT2D eigenvalue weighted by molar-refractivity contribution is 5.97. The maximum absolute atomic E-state index is 12.8. The molecule has 0 aromatic heterocycles. The third kappa shape index (κ3) is 3.25. The highest BCUT2D eigenvalue weighted by Gasteiger charge is 2.41. The molecule has 126 valence electrons. The first kappa shape index (κ1) is 17.1. The summed E-state index contributed by atoms with van der Waals surface area (Å²) in [6, 6.07) is 5.08. The zero-order valence-electron chi connectivity index (χ0n) is 14.2. The summed E-state index contributed by atoms with van der Waals surface area (Å²) in [4.78, 5) is 25.9. The molecule has 0 saturated carbocycles. The van der Waals surface area contributed by atoms with Gasteiger partial charge in [0.15, 0.2) is 11.5 Å². The molecule has 6 nitrogen and oxygen atoms in total. The summed E-state index contributed by atoms with van der Waals surface area (Å²) in [5.74, 6) is 0.536. The average Bonchev–Trinajstić information content (AvgIpc) is 2.94. The largest absolute Gasteiger partial charge is 0.493 e. The molecule has 2 rings (SSSR count). The Morgan fingerprint density at radius 2 is 1.87 bits per heavy atom. The van der Waals surface area contributed by atoms with Crippen LogP contribution in [0.5, 0.6) is 11.5 Å².